The van der Waals surface area contributed by atoms with Crippen LogP contribution >= 0.6 is 0 Å². The number of para-hydroxylation sites is 2. The van der Waals surface area contributed by atoms with Crippen LogP contribution in [0.2, 0.25) is 0 Å². The van der Waals surface area contributed by atoms with Crippen molar-refractivity contribution in [1.29, 1.82) is 0 Å². The topological polar surface area (TPSA) is 47.4 Å². The van der Waals surface area contributed by atoms with Crippen molar-refractivity contribution in [2.75, 3.05) is 19.1 Å². The lowest BCUT2D eigenvalue weighted by atomic mass is 10.1. The summed E-state index contributed by atoms with van der Waals surface area (Å²) >= 11 is 0. The summed E-state index contributed by atoms with van der Waals surface area (Å²) in [5, 5.41) is 4.73. The molecule has 0 atom stereocenters. The van der Waals surface area contributed by atoms with Gasteiger partial charge in [0, 0.05) is 24.5 Å². The molecule has 5 nitrogen and oxygen atoms in total. The van der Waals surface area contributed by atoms with Gasteiger partial charge < -0.3 is 9.64 Å². The smallest absolute Gasteiger partial charge is 0.261 e. The molecule has 0 aliphatic heterocycles. The molecule has 0 unspecified atom stereocenters. The van der Waals surface area contributed by atoms with Gasteiger partial charge in [-0.25, -0.2) is 4.68 Å². The molecule has 1 heterocycles. The Balaban J connectivity index is 1.80. The van der Waals surface area contributed by atoms with Crippen molar-refractivity contribution in [1.82, 2.24) is 9.78 Å². The molecule has 4 rings (SSSR count). The number of carbonyl (C=O) groups is 1. The molecule has 0 aliphatic carbocycles. The third kappa shape index (κ3) is 3.75. The Labute approximate surface area is 169 Å². The molecule has 0 bridgehead atoms. The Morgan fingerprint density at radius 3 is 2.14 bits per heavy atom. The fraction of sp³-hybridized carbons (Fsp3) is 0.0833. The van der Waals surface area contributed by atoms with Crippen molar-refractivity contribution in [3.05, 3.63) is 96.7 Å². The molecule has 5 heteroatoms. The van der Waals surface area contributed by atoms with Crippen LogP contribution in [0.3, 0.4) is 0 Å². The predicted molar refractivity (Wildman–Crippen MR) is 115 cm³/mol. The summed E-state index contributed by atoms with van der Waals surface area (Å²) in [5.41, 5.74) is 3.73. The number of hydrogen-bond donors (Lipinski definition) is 0. The Morgan fingerprint density at radius 2 is 1.52 bits per heavy atom. The molecule has 4 aromatic rings. The fourth-order valence-electron chi connectivity index (χ4n) is 3.16. The first-order valence-electron chi connectivity index (χ1n) is 9.30. The first-order valence-corrected chi connectivity index (χ1v) is 9.30. The summed E-state index contributed by atoms with van der Waals surface area (Å²) in [6.45, 7) is 0. The lowest BCUT2D eigenvalue weighted by Gasteiger charge is -2.17. The number of ether oxygens (including phenoxy) is 1. The summed E-state index contributed by atoms with van der Waals surface area (Å²) in [4.78, 5) is 15.0. The average Bonchev–Trinajstić information content (AvgIpc) is 3.25. The van der Waals surface area contributed by atoms with E-state index in [4.69, 9.17) is 9.84 Å². The van der Waals surface area contributed by atoms with Crippen molar-refractivity contribution in [3.63, 3.8) is 0 Å². The van der Waals surface area contributed by atoms with Crippen LogP contribution in [-0.4, -0.2) is 29.8 Å². The van der Waals surface area contributed by atoms with Gasteiger partial charge in [-0.2, -0.15) is 5.10 Å². The maximum Gasteiger partial charge on any atom is 0.261 e. The third-order valence-corrected chi connectivity index (χ3v) is 4.78. The summed E-state index contributed by atoms with van der Waals surface area (Å²) < 4.78 is 6.99. The first-order chi connectivity index (χ1) is 14.2. The van der Waals surface area contributed by atoms with E-state index in [2.05, 4.69) is 0 Å². The second-order valence-corrected chi connectivity index (χ2v) is 6.60. The van der Waals surface area contributed by atoms with Gasteiger partial charge in [0.25, 0.3) is 5.91 Å². The Hall–Kier alpha value is -3.86. The van der Waals surface area contributed by atoms with E-state index in [1.807, 2.05) is 84.9 Å². The number of amides is 1. The largest absolute Gasteiger partial charge is 0.497 e. The van der Waals surface area contributed by atoms with E-state index >= 15 is 0 Å². The fourth-order valence-corrected chi connectivity index (χ4v) is 3.16. The number of methoxy groups -OCH3 is 1. The van der Waals surface area contributed by atoms with Gasteiger partial charge in [0.1, 0.15) is 11.4 Å². The average molecular weight is 383 g/mol. The molecule has 0 radical (unpaired) electrons. The molecular weight excluding hydrogens is 362 g/mol. The third-order valence-electron chi connectivity index (χ3n) is 4.78. The highest BCUT2D eigenvalue weighted by Gasteiger charge is 2.22. The van der Waals surface area contributed by atoms with Crippen LogP contribution in [0.5, 0.6) is 5.75 Å². The van der Waals surface area contributed by atoms with E-state index in [9.17, 15) is 4.79 Å². The number of aromatic nitrogens is 2. The van der Waals surface area contributed by atoms with Crippen LogP contribution in [0, 0.1) is 0 Å². The lowest BCUT2D eigenvalue weighted by molar-refractivity contribution is 0.0993. The quantitative estimate of drug-likeness (QED) is 0.496. The van der Waals surface area contributed by atoms with Crippen molar-refractivity contribution in [3.8, 4) is 22.7 Å². The minimum absolute atomic E-state index is 0.121. The van der Waals surface area contributed by atoms with Crippen molar-refractivity contribution in [2.45, 2.75) is 0 Å². The van der Waals surface area contributed by atoms with Crippen molar-refractivity contribution >= 4 is 11.6 Å². The molecule has 0 spiro atoms. The molecule has 29 heavy (non-hydrogen) atoms. The van der Waals surface area contributed by atoms with E-state index in [1.165, 1.54) is 0 Å². The number of rotatable bonds is 5. The molecule has 1 amide bonds. The summed E-state index contributed by atoms with van der Waals surface area (Å²) in [5.74, 6) is 0.634. The van der Waals surface area contributed by atoms with E-state index in [1.54, 1.807) is 29.9 Å². The monoisotopic (exact) mass is 383 g/mol. The zero-order chi connectivity index (χ0) is 20.2. The zero-order valence-electron chi connectivity index (χ0n) is 16.3. The molecular formula is C24H21N3O2. The number of hydrogen-bond acceptors (Lipinski definition) is 3. The van der Waals surface area contributed by atoms with Crippen LogP contribution in [0.1, 0.15) is 10.4 Å². The van der Waals surface area contributed by atoms with Gasteiger partial charge in [-0.15, -0.1) is 0 Å². The second-order valence-electron chi connectivity index (χ2n) is 6.60. The van der Waals surface area contributed by atoms with Crippen LogP contribution in [0.15, 0.2) is 91.1 Å². The lowest BCUT2D eigenvalue weighted by Crippen LogP contribution is -2.26. The van der Waals surface area contributed by atoms with Crippen molar-refractivity contribution < 1.29 is 9.53 Å². The van der Waals surface area contributed by atoms with E-state index < -0.39 is 0 Å². The highest BCUT2D eigenvalue weighted by atomic mass is 16.5. The van der Waals surface area contributed by atoms with Crippen LogP contribution in [0.4, 0.5) is 5.69 Å². The molecule has 144 valence electrons. The number of nitrogens with zero attached hydrogens (tertiary/aromatic N) is 3. The Morgan fingerprint density at radius 1 is 0.897 bits per heavy atom. The van der Waals surface area contributed by atoms with E-state index in [0.29, 0.717) is 11.3 Å². The molecule has 3 aromatic carbocycles. The Bertz CT molecular complexity index is 1100. The maximum atomic E-state index is 13.4. The summed E-state index contributed by atoms with van der Waals surface area (Å²) in [7, 11) is 3.40. The van der Waals surface area contributed by atoms with Crippen LogP contribution in [-0.2, 0) is 0 Å². The van der Waals surface area contributed by atoms with Crippen molar-refractivity contribution in [2.24, 2.45) is 0 Å². The highest BCUT2D eigenvalue weighted by molar-refractivity contribution is 6.09. The number of carbonyl (C=O) groups excluding carboxylic acids is 1. The van der Waals surface area contributed by atoms with Gasteiger partial charge in [-0.05, 0) is 48.5 Å². The van der Waals surface area contributed by atoms with E-state index in [-0.39, 0.29) is 5.91 Å². The Kier molecular flexibility index (Phi) is 5.12. The molecule has 0 N–H and O–H groups in total. The summed E-state index contributed by atoms with van der Waals surface area (Å²) in [6.07, 6.45) is 1.79. The molecule has 1 aromatic heterocycles. The maximum absolute atomic E-state index is 13.4. The molecule has 0 fully saturated rings. The standard InChI is InChI=1S/C24H21N3O2/c1-26(19-9-5-3-6-10-19)24(28)22-17-27(20-11-7-4-8-12-20)25-23(22)18-13-15-21(29-2)16-14-18/h3-17H,1-2H3. The molecule has 0 saturated carbocycles. The SMILES string of the molecule is COc1ccc(-c2nn(-c3ccccc3)cc2C(=O)N(C)c2ccccc2)cc1. The molecule has 0 aliphatic rings. The van der Waals surface area contributed by atoms with E-state index in [0.717, 1.165) is 22.7 Å². The van der Waals surface area contributed by atoms with Gasteiger partial charge in [0.15, 0.2) is 0 Å². The minimum atomic E-state index is -0.121. The minimum Gasteiger partial charge on any atom is -0.497 e. The normalized spacial score (nSPS) is 10.6. The van der Waals surface area contributed by atoms with Gasteiger partial charge in [0.2, 0.25) is 0 Å². The number of anilines is 1. The van der Waals surface area contributed by atoms with Gasteiger partial charge in [-0.3, -0.25) is 4.79 Å². The second kappa shape index (κ2) is 8.02. The zero-order valence-corrected chi connectivity index (χ0v) is 16.3. The predicted octanol–water partition coefficient (Wildman–Crippen LogP) is 4.82. The van der Waals surface area contributed by atoms with Gasteiger partial charge in [-0.1, -0.05) is 36.4 Å². The number of benzene rings is 3. The van der Waals surface area contributed by atoms with Crippen LogP contribution < -0.4 is 9.64 Å². The van der Waals surface area contributed by atoms with Crippen LogP contribution in [0.25, 0.3) is 16.9 Å². The van der Waals surface area contributed by atoms with Gasteiger partial charge >= 0.3 is 0 Å². The highest BCUT2D eigenvalue weighted by Crippen LogP contribution is 2.27. The van der Waals surface area contributed by atoms with Gasteiger partial charge in [0.05, 0.1) is 18.4 Å². The summed E-state index contributed by atoms with van der Waals surface area (Å²) in [6, 6.07) is 26.9. The first kappa shape index (κ1) is 18.5. The molecule has 0 saturated heterocycles.